The third-order valence-electron chi connectivity index (χ3n) is 2.69. The summed E-state index contributed by atoms with van der Waals surface area (Å²) in [6.07, 6.45) is 3.30. The molecule has 0 aromatic carbocycles. The third-order valence-corrected chi connectivity index (χ3v) is 4.14. The van der Waals surface area contributed by atoms with E-state index in [2.05, 4.69) is 41.0 Å². The van der Waals surface area contributed by atoms with Gasteiger partial charge in [-0.3, -0.25) is 0 Å². The minimum atomic E-state index is 0.315. The second-order valence-electron chi connectivity index (χ2n) is 4.52. The number of rotatable bonds is 5. The number of hydrogen-bond acceptors (Lipinski definition) is 5. The summed E-state index contributed by atoms with van der Waals surface area (Å²) in [4.78, 5) is 13.0. The highest BCUT2D eigenvalue weighted by Crippen LogP contribution is 2.36. The van der Waals surface area contributed by atoms with Gasteiger partial charge in [-0.2, -0.15) is 0 Å². The molecule has 2 heterocycles. The van der Waals surface area contributed by atoms with Crippen molar-refractivity contribution in [2.45, 2.75) is 36.7 Å². The van der Waals surface area contributed by atoms with Crippen LogP contribution < -0.4 is 5.32 Å². The topological polar surface area (TPSA) is 50.7 Å². The zero-order valence-corrected chi connectivity index (χ0v) is 13.3. The molecule has 0 atom stereocenters. The summed E-state index contributed by atoms with van der Waals surface area (Å²) < 4.78 is 0. The predicted octanol–water partition coefficient (Wildman–Crippen LogP) is 4.23. The van der Waals surface area contributed by atoms with Gasteiger partial charge in [0.2, 0.25) is 0 Å². The predicted molar refractivity (Wildman–Crippen MR) is 83.7 cm³/mol. The highest BCUT2D eigenvalue weighted by Gasteiger charge is 2.17. The van der Waals surface area contributed by atoms with Crippen LogP contribution in [0.25, 0.3) is 0 Å². The van der Waals surface area contributed by atoms with Crippen LogP contribution in [-0.2, 0) is 0 Å². The van der Waals surface area contributed by atoms with E-state index in [1.165, 1.54) is 11.8 Å². The molecule has 0 saturated carbocycles. The maximum atomic E-state index is 6.16. The highest BCUT2D eigenvalue weighted by atomic mass is 35.5. The normalized spacial score (nSPS) is 10.8. The lowest BCUT2D eigenvalue weighted by Crippen LogP contribution is -2.07. The van der Waals surface area contributed by atoms with Crippen molar-refractivity contribution in [3.63, 3.8) is 0 Å². The van der Waals surface area contributed by atoms with Gasteiger partial charge in [-0.15, -0.1) is 0 Å². The van der Waals surface area contributed by atoms with Crippen molar-refractivity contribution in [1.29, 1.82) is 0 Å². The molecule has 0 aliphatic carbocycles. The van der Waals surface area contributed by atoms with Gasteiger partial charge in [0.05, 0.1) is 5.02 Å². The van der Waals surface area contributed by atoms with Crippen molar-refractivity contribution in [2.75, 3.05) is 11.9 Å². The van der Waals surface area contributed by atoms with Crippen molar-refractivity contribution in [3.8, 4) is 0 Å². The monoisotopic (exact) mass is 308 g/mol. The van der Waals surface area contributed by atoms with Crippen LogP contribution in [0.5, 0.6) is 0 Å². The Balaban J connectivity index is 2.41. The molecule has 0 aliphatic rings. The maximum Gasteiger partial charge on any atom is 0.133 e. The van der Waals surface area contributed by atoms with E-state index in [0.29, 0.717) is 10.9 Å². The van der Waals surface area contributed by atoms with Gasteiger partial charge in [0.15, 0.2) is 0 Å². The summed E-state index contributed by atoms with van der Waals surface area (Å²) in [5, 5.41) is 5.57. The molecule has 0 bridgehead atoms. The molecule has 0 saturated heterocycles. The number of aromatic nitrogens is 3. The third kappa shape index (κ3) is 3.41. The van der Waals surface area contributed by atoms with Gasteiger partial charge in [0.1, 0.15) is 22.2 Å². The van der Waals surface area contributed by atoms with Crippen LogP contribution in [0.3, 0.4) is 0 Å². The molecule has 0 fully saturated rings. The Labute approximate surface area is 128 Å². The lowest BCUT2D eigenvalue weighted by Gasteiger charge is -2.15. The molecule has 0 spiro atoms. The van der Waals surface area contributed by atoms with E-state index in [1.807, 2.05) is 12.1 Å². The van der Waals surface area contributed by atoms with Crippen molar-refractivity contribution in [2.24, 2.45) is 0 Å². The Morgan fingerprint density at radius 3 is 2.70 bits per heavy atom. The number of halogens is 1. The van der Waals surface area contributed by atoms with Gasteiger partial charge in [-0.05, 0) is 36.7 Å². The van der Waals surface area contributed by atoms with Crippen LogP contribution >= 0.6 is 23.4 Å². The second kappa shape index (κ2) is 6.90. The van der Waals surface area contributed by atoms with Crippen LogP contribution in [0.4, 0.5) is 5.82 Å². The van der Waals surface area contributed by atoms with Gasteiger partial charge < -0.3 is 5.32 Å². The molecular weight excluding hydrogens is 292 g/mol. The first-order valence-electron chi connectivity index (χ1n) is 6.50. The number of anilines is 1. The lowest BCUT2D eigenvalue weighted by atomic mass is 10.1. The van der Waals surface area contributed by atoms with E-state index in [0.717, 1.165) is 28.0 Å². The van der Waals surface area contributed by atoms with Gasteiger partial charge in [0, 0.05) is 18.3 Å². The maximum absolute atomic E-state index is 6.16. The fourth-order valence-electron chi connectivity index (χ4n) is 1.83. The number of pyridine rings is 1. The molecule has 6 heteroatoms. The Morgan fingerprint density at radius 1 is 1.25 bits per heavy atom. The first-order valence-corrected chi connectivity index (χ1v) is 7.70. The van der Waals surface area contributed by atoms with Gasteiger partial charge in [0.25, 0.3) is 0 Å². The Hall–Kier alpha value is -1.33. The fourth-order valence-corrected chi connectivity index (χ4v) is 3.07. The fraction of sp³-hybridized carbons (Fsp3) is 0.357. The molecule has 20 heavy (non-hydrogen) atoms. The Morgan fingerprint density at radius 2 is 2.05 bits per heavy atom. The lowest BCUT2D eigenvalue weighted by molar-refractivity contribution is 0.803. The molecule has 0 amide bonds. The summed E-state index contributed by atoms with van der Waals surface area (Å²) in [7, 11) is 0. The molecule has 0 aliphatic heterocycles. The largest absolute Gasteiger partial charge is 0.370 e. The molecule has 2 aromatic rings. The van der Waals surface area contributed by atoms with Crippen LogP contribution in [0, 0.1) is 0 Å². The van der Waals surface area contributed by atoms with Crippen LogP contribution in [0.15, 0.2) is 34.7 Å². The average molecular weight is 309 g/mol. The first kappa shape index (κ1) is 15.1. The molecule has 0 radical (unpaired) electrons. The SMILES string of the molecule is CCNc1ncnc(Sc2ncccc2Cl)c1C(C)C. The summed E-state index contributed by atoms with van der Waals surface area (Å²) in [5.41, 5.74) is 1.10. The van der Waals surface area contributed by atoms with E-state index < -0.39 is 0 Å². The Kier molecular flexibility index (Phi) is 5.20. The zero-order valence-electron chi connectivity index (χ0n) is 11.7. The molecule has 2 aromatic heterocycles. The van der Waals surface area contributed by atoms with Crippen molar-refractivity contribution < 1.29 is 0 Å². The first-order chi connectivity index (χ1) is 9.63. The Bertz CT molecular complexity index is 589. The van der Waals surface area contributed by atoms with Crippen LogP contribution in [0.2, 0.25) is 5.02 Å². The summed E-state index contributed by atoms with van der Waals surface area (Å²) >= 11 is 7.64. The van der Waals surface area contributed by atoms with Crippen molar-refractivity contribution in [1.82, 2.24) is 15.0 Å². The summed E-state index contributed by atoms with van der Waals surface area (Å²) in [6.45, 7) is 7.13. The summed E-state index contributed by atoms with van der Waals surface area (Å²) in [6, 6.07) is 3.65. The van der Waals surface area contributed by atoms with E-state index in [9.17, 15) is 0 Å². The number of nitrogens with zero attached hydrogens (tertiary/aromatic N) is 3. The van der Waals surface area contributed by atoms with Crippen molar-refractivity contribution in [3.05, 3.63) is 35.2 Å². The van der Waals surface area contributed by atoms with Crippen LogP contribution in [0.1, 0.15) is 32.3 Å². The van der Waals surface area contributed by atoms with E-state index in [-0.39, 0.29) is 0 Å². The molecule has 106 valence electrons. The standard InChI is InChI=1S/C14H17ClN4S/c1-4-16-12-11(9(2)3)14(19-8-18-12)20-13-10(15)6-5-7-17-13/h5-9H,4H2,1-3H3,(H,16,18,19). The zero-order chi connectivity index (χ0) is 14.5. The quantitative estimate of drug-likeness (QED) is 0.838. The van der Waals surface area contributed by atoms with Crippen LogP contribution in [-0.4, -0.2) is 21.5 Å². The molecule has 2 rings (SSSR count). The van der Waals surface area contributed by atoms with E-state index >= 15 is 0 Å². The minimum Gasteiger partial charge on any atom is -0.370 e. The minimum absolute atomic E-state index is 0.315. The van der Waals surface area contributed by atoms with E-state index in [1.54, 1.807) is 12.5 Å². The van der Waals surface area contributed by atoms with Gasteiger partial charge in [-0.1, -0.05) is 25.4 Å². The molecule has 0 unspecified atom stereocenters. The molecule has 4 nitrogen and oxygen atoms in total. The smallest absolute Gasteiger partial charge is 0.133 e. The molecular formula is C14H17ClN4S. The van der Waals surface area contributed by atoms with Crippen molar-refractivity contribution >= 4 is 29.2 Å². The van der Waals surface area contributed by atoms with Gasteiger partial charge in [-0.25, -0.2) is 15.0 Å². The second-order valence-corrected chi connectivity index (χ2v) is 5.90. The van der Waals surface area contributed by atoms with Gasteiger partial charge >= 0.3 is 0 Å². The number of hydrogen-bond donors (Lipinski definition) is 1. The number of nitrogens with one attached hydrogen (secondary N) is 1. The summed E-state index contributed by atoms with van der Waals surface area (Å²) in [5.74, 6) is 1.20. The molecule has 1 N–H and O–H groups in total. The highest BCUT2D eigenvalue weighted by molar-refractivity contribution is 7.99. The van der Waals surface area contributed by atoms with E-state index in [4.69, 9.17) is 11.6 Å². The average Bonchev–Trinajstić information content (AvgIpc) is 2.41.